The van der Waals surface area contributed by atoms with Crippen LogP contribution in [0.5, 0.6) is 5.75 Å². The van der Waals surface area contributed by atoms with E-state index < -0.39 is 5.91 Å². The largest absolute Gasteiger partial charge is 0.489 e. The first-order valence-electron chi connectivity index (χ1n) is 11.1. The average Bonchev–Trinajstić information content (AvgIpc) is 3.01. The molecule has 0 unspecified atom stereocenters. The fraction of sp³-hybridized carbons (Fsp3) is 0.214. The molecule has 0 radical (unpaired) electrons. The number of nitrogens with one attached hydrogen (secondary N) is 1. The van der Waals surface area contributed by atoms with Crippen LogP contribution in [-0.2, 0) is 9.59 Å². The summed E-state index contributed by atoms with van der Waals surface area (Å²) < 4.78 is 5.91. The van der Waals surface area contributed by atoms with Crippen molar-refractivity contribution in [3.8, 4) is 5.75 Å². The molecule has 0 bridgehead atoms. The molecule has 168 valence electrons. The van der Waals surface area contributed by atoms with Gasteiger partial charge in [0.2, 0.25) is 0 Å². The molecule has 3 aromatic rings. The third kappa shape index (κ3) is 4.40. The molecule has 5 heteroatoms. The highest BCUT2D eigenvalue weighted by atomic mass is 16.5. The molecule has 0 saturated carbocycles. The van der Waals surface area contributed by atoms with Crippen LogP contribution in [0, 0.1) is 20.8 Å². The van der Waals surface area contributed by atoms with E-state index in [-0.39, 0.29) is 17.7 Å². The molecule has 1 aliphatic rings. The number of para-hydroxylation sites is 2. The fourth-order valence-corrected chi connectivity index (χ4v) is 3.85. The Bertz CT molecular complexity index is 1260. The lowest BCUT2D eigenvalue weighted by molar-refractivity contribution is -0.120. The predicted octanol–water partition coefficient (Wildman–Crippen LogP) is 5.80. The lowest BCUT2D eigenvalue weighted by Gasteiger charge is -2.20. The standard InChI is InChI=1S/C28H28N2O3/c1-17(2)33-24-9-7-6-8-23(24)30-27(31)25(21-14-11-18(3)12-15-21)26(28(30)32)29-22-16-19(4)10-13-20(22)5/h6-17,29H,1-5H3. The maximum Gasteiger partial charge on any atom is 0.282 e. The minimum Gasteiger partial charge on any atom is -0.489 e. The predicted molar refractivity (Wildman–Crippen MR) is 132 cm³/mol. The van der Waals surface area contributed by atoms with Crippen molar-refractivity contribution in [1.82, 2.24) is 0 Å². The molecule has 1 N–H and O–H groups in total. The first-order valence-corrected chi connectivity index (χ1v) is 11.1. The van der Waals surface area contributed by atoms with E-state index in [2.05, 4.69) is 5.32 Å². The van der Waals surface area contributed by atoms with Crippen molar-refractivity contribution in [2.75, 3.05) is 10.2 Å². The first-order chi connectivity index (χ1) is 15.8. The molecule has 1 heterocycles. The van der Waals surface area contributed by atoms with Gasteiger partial charge in [-0.25, -0.2) is 4.90 Å². The number of carbonyl (C=O) groups is 2. The molecule has 0 aliphatic carbocycles. The number of amides is 2. The van der Waals surface area contributed by atoms with E-state index in [1.54, 1.807) is 18.2 Å². The second kappa shape index (κ2) is 8.94. The molecule has 0 spiro atoms. The van der Waals surface area contributed by atoms with Gasteiger partial charge in [-0.1, -0.05) is 54.1 Å². The van der Waals surface area contributed by atoms with Crippen LogP contribution >= 0.6 is 0 Å². The van der Waals surface area contributed by atoms with Crippen molar-refractivity contribution in [3.63, 3.8) is 0 Å². The normalized spacial score (nSPS) is 13.8. The van der Waals surface area contributed by atoms with E-state index in [0.717, 1.165) is 22.4 Å². The maximum atomic E-state index is 13.7. The second-order valence-corrected chi connectivity index (χ2v) is 8.64. The summed E-state index contributed by atoms with van der Waals surface area (Å²) in [6.07, 6.45) is -0.101. The summed E-state index contributed by atoms with van der Waals surface area (Å²) in [6, 6.07) is 20.8. The molecule has 2 amide bonds. The van der Waals surface area contributed by atoms with Crippen LogP contribution in [0.4, 0.5) is 11.4 Å². The van der Waals surface area contributed by atoms with Crippen LogP contribution < -0.4 is 15.0 Å². The zero-order valence-corrected chi connectivity index (χ0v) is 19.6. The summed E-state index contributed by atoms with van der Waals surface area (Å²) >= 11 is 0. The van der Waals surface area contributed by atoms with Crippen LogP contribution in [0.2, 0.25) is 0 Å². The monoisotopic (exact) mass is 440 g/mol. The number of ether oxygens (including phenoxy) is 1. The van der Waals surface area contributed by atoms with Gasteiger partial charge in [-0.2, -0.15) is 0 Å². The van der Waals surface area contributed by atoms with E-state index in [0.29, 0.717) is 22.6 Å². The van der Waals surface area contributed by atoms with Crippen molar-refractivity contribution < 1.29 is 14.3 Å². The first kappa shape index (κ1) is 22.3. The molecule has 33 heavy (non-hydrogen) atoms. The van der Waals surface area contributed by atoms with Crippen LogP contribution in [0.1, 0.15) is 36.1 Å². The van der Waals surface area contributed by atoms with Gasteiger partial charge in [0.25, 0.3) is 11.8 Å². The third-order valence-electron chi connectivity index (χ3n) is 5.55. The molecule has 0 aromatic heterocycles. The van der Waals surface area contributed by atoms with Crippen molar-refractivity contribution in [2.24, 2.45) is 0 Å². The Morgan fingerprint density at radius 3 is 2.18 bits per heavy atom. The highest BCUT2D eigenvalue weighted by Crippen LogP contribution is 2.38. The van der Waals surface area contributed by atoms with E-state index in [1.165, 1.54) is 4.90 Å². The Labute approximate surface area is 194 Å². The Kier molecular flexibility index (Phi) is 6.05. The van der Waals surface area contributed by atoms with Gasteiger partial charge in [0, 0.05) is 5.69 Å². The number of aryl methyl sites for hydroxylation is 3. The van der Waals surface area contributed by atoms with Crippen molar-refractivity contribution >= 4 is 28.8 Å². The molecule has 0 atom stereocenters. The minimum atomic E-state index is -0.406. The summed E-state index contributed by atoms with van der Waals surface area (Å²) in [5.74, 6) is -0.293. The number of rotatable bonds is 6. The van der Waals surface area contributed by atoms with E-state index >= 15 is 0 Å². The number of anilines is 2. The zero-order chi connectivity index (χ0) is 23.7. The summed E-state index contributed by atoms with van der Waals surface area (Å²) in [5, 5.41) is 3.28. The number of imide groups is 1. The number of benzene rings is 3. The SMILES string of the molecule is Cc1ccc(C2=C(Nc3cc(C)ccc3C)C(=O)N(c3ccccc3OC(C)C)C2=O)cc1. The summed E-state index contributed by atoms with van der Waals surface area (Å²) in [4.78, 5) is 28.7. The molecule has 3 aromatic carbocycles. The molecule has 5 nitrogen and oxygen atoms in total. The molecule has 0 fully saturated rings. The number of hydrogen-bond acceptors (Lipinski definition) is 4. The van der Waals surface area contributed by atoms with Gasteiger partial charge >= 0.3 is 0 Å². The Morgan fingerprint density at radius 2 is 1.48 bits per heavy atom. The van der Waals surface area contributed by atoms with Gasteiger partial charge in [-0.3, -0.25) is 9.59 Å². The van der Waals surface area contributed by atoms with E-state index in [1.807, 2.05) is 83.1 Å². The molecule has 1 aliphatic heterocycles. The van der Waals surface area contributed by atoms with Gasteiger partial charge in [0.05, 0.1) is 17.4 Å². The van der Waals surface area contributed by atoms with Crippen LogP contribution in [0.15, 0.2) is 72.4 Å². The van der Waals surface area contributed by atoms with Gasteiger partial charge in [0.15, 0.2) is 0 Å². The van der Waals surface area contributed by atoms with E-state index in [4.69, 9.17) is 4.74 Å². The lowest BCUT2D eigenvalue weighted by atomic mass is 10.0. The smallest absolute Gasteiger partial charge is 0.282 e. The topological polar surface area (TPSA) is 58.6 Å². The third-order valence-corrected chi connectivity index (χ3v) is 5.55. The summed E-state index contributed by atoms with van der Waals surface area (Å²) in [7, 11) is 0. The highest BCUT2D eigenvalue weighted by Gasteiger charge is 2.41. The molecule has 4 rings (SSSR count). The molecular weight excluding hydrogens is 412 g/mol. The number of carbonyl (C=O) groups excluding carboxylic acids is 2. The lowest BCUT2D eigenvalue weighted by Crippen LogP contribution is -2.33. The minimum absolute atomic E-state index is 0.101. The Balaban J connectivity index is 1.85. The summed E-state index contributed by atoms with van der Waals surface area (Å²) in [6.45, 7) is 9.77. The van der Waals surface area contributed by atoms with Crippen molar-refractivity contribution in [2.45, 2.75) is 40.7 Å². The van der Waals surface area contributed by atoms with Gasteiger partial charge in [0.1, 0.15) is 11.4 Å². The van der Waals surface area contributed by atoms with Crippen LogP contribution in [0.25, 0.3) is 5.57 Å². The zero-order valence-electron chi connectivity index (χ0n) is 19.6. The quantitative estimate of drug-likeness (QED) is 0.493. The maximum absolute atomic E-state index is 13.7. The fourth-order valence-electron chi connectivity index (χ4n) is 3.85. The van der Waals surface area contributed by atoms with E-state index in [9.17, 15) is 9.59 Å². The van der Waals surface area contributed by atoms with Gasteiger partial charge in [-0.15, -0.1) is 0 Å². The number of nitrogens with zero attached hydrogens (tertiary/aromatic N) is 1. The van der Waals surface area contributed by atoms with Gasteiger partial charge < -0.3 is 10.1 Å². The van der Waals surface area contributed by atoms with Gasteiger partial charge in [-0.05, 0) is 69.5 Å². The molecular formula is C28H28N2O3. The average molecular weight is 441 g/mol. The summed E-state index contributed by atoms with van der Waals surface area (Å²) in [5.41, 5.74) is 5.65. The second-order valence-electron chi connectivity index (χ2n) is 8.64. The van der Waals surface area contributed by atoms with Crippen LogP contribution in [-0.4, -0.2) is 17.9 Å². The Morgan fingerprint density at radius 1 is 0.818 bits per heavy atom. The van der Waals surface area contributed by atoms with Crippen LogP contribution in [0.3, 0.4) is 0 Å². The van der Waals surface area contributed by atoms with Crippen molar-refractivity contribution in [1.29, 1.82) is 0 Å². The molecule has 0 saturated heterocycles. The highest BCUT2D eigenvalue weighted by molar-refractivity contribution is 6.46. The van der Waals surface area contributed by atoms with Crippen molar-refractivity contribution in [3.05, 3.63) is 94.7 Å². The Hall–Kier alpha value is -3.86. The number of hydrogen-bond donors (Lipinski definition) is 1.